The molecule has 4 rings (SSSR count). The zero-order valence-corrected chi connectivity index (χ0v) is 16.7. The second-order valence-electron chi connectivity index (χ2n) is 7.06. The third-order valence-corrected chi connectivity index (χ3v) is 5.81. The van der Waals surface area contributed by atoms with Gasteiger partial charge in [0.1, 0.15) is 5.69 Å². The van der Waals surface area contributed by atoms with Crippen molar-refractivity contribution >= 4 is 46.3 Å². The molecule has 0 saturated carbocycles. The lowest BCUT2D eigenvalue weighted by molar-refractivity contribution is -0.384. The van der Waals surface area contributed by atoms with Gasteiger partial charge in [-0.2, -0.15) is 0 Å². The van der Waals surface area contributed by atoms with E-state index in [1.54, 1.807) is 12.1 Å². The van der Waals surface area contributed by atoms with E-state index in [0.717, 1.165) is 5.56 Å². The van der Waals surface area contributed by atoms with Crippen molar-refractivity contribution in [2.75, 3.05) is 4.90 Å². The van der Waals surface area contributed by atoms with Gasteiger partial charge in [0.05, 0.1) is 4.92 Å². The molecule has 1 unspecified atom stereocenters. The summed E-state index contributed by atoms with van der Waals surface area (Å²) in [7, 11) is 0. The van der Waals surface area contributed by atoms with E-state index in [1.165, 1.54) is 23.1 Å². The van der Waals surface area contributed by atoms with Crippen LogP contribution in [-0.4, -0.2) is 16.6 Å². The lowest BCUT2D eigenvalue weighted by Gasteiger charge is -2.38. The van der Waals surface area contributed by atoms with Crippen molar-refractivity contribution in [2.24, 2.45) is 0 Å². The van der Waals surface area contributed by atoms with Gasteiger partial charge in [-0.15, -0.1) is 0 Å². The normalized spacial score (nSPS) is 19.4. The Morgan fingerprint density at radius 1 is 1.00 bits per heavy atom. The van der Waals surface area contributed by atoms with Crippen LogP contribution >= 0.6 is 23.2 Å². The maximum atomic E-state index is 13.2. The van der Waals surface area contributed by atoms with Gasteiger partial charge in [0.25, 0.3) is 5.69 Å². The molecule has 1 aliphatic carbocycles. The number of anilines is 1. The summed E-state index contributed by atoms with van der Waals surface area (Å²) in [5.41, 5.74) is 1.78. The first-order valence-electron chi connectivity index (χ1n) is 9.15. The highest BCUT2D eigenvalue weighted by atomic mass is 35.5. The fourth-order valence-corrected chi connectivity index (χ4v) is 4.37. The summed E-state index contributed by atoms with van der Waals surface area (Å²) in [6.45, 7) is 0. The average molecular weight is 431 g/mol. The van der Waals surface area contributed by atoms with Crippen molar-refractivity contribution in [3.63, 3.8) is 0 Å². The average Bonchev–Trinajstić information content (AvgIpc) is 2.68. The molecule has 148 valence electrons. The summed E-state index contributed by atoms with van der Waals surface area (Å²) in [5.74, 6) is -0.728. The largest absolute Gasteiger partial charge is 0.294 e. The number of Topliss-reactive ketones (excluding diaryl/α,β-unsaturated/α-hetero) is 1. The Kier molecular flexibility index (Phi) is 5.15. The first-order valence-corrected chi connectivity index (χ1v) is 9.91. The minimum atomic E-state index is -0.547. The van der Waals surface area contributed by atoms with Gasteiger partial charge in [-0.05, 0) is 42.7 Å². The molecule has 0 saturated heterocycles. The van der Waals surface area contributed by atoms with Crippen LogP contribution in [0.4, 0.5) is 11.4 Å². The first-order chi connectivity index (χ1) is 13.9. The molecule has 1 atom stereocenters. The van der Waals surface area contributed by atoms with Crippen LogP contribution in [0, 0.1) is 10.1 Å². The van der Waals surface area contributed by atoms with Gasteiger partial charge in [0, 0.05) is 46.1 Å². The van der Waals surface area contributed by atoms with Crippen LogP contribution in [-0.2, 0) is 9.59 Å². The van der Waals surface area contributed by atoms with Crippen LogP contribution < -0.4 is 4.90 Å². The fraction of sp³-hybridized carbons (Fsp3) is 0.238. The maximum Gasteiger partial charge on any atom is 0.293 e. The first kappa shape index (κ1) is 19.6. The Hall–Kier alpha value is -2.70. The van der Waals surface area contributed by atoms with Gasteiger partial charge in [0.15, 0.2) is 5.78 Å². The molecule has 0 N–H and O–H groups in total. The highest BCUT2D eigenvalue weighted by Gasteiger charge is 2.41. The number of hydrogen-bond acceptors (Lipinski definition) is 4. The van der Waals surface area contributed by atoms with Crippen molar-refractivity contribution in [2.45, 2.75) is 31.6 Å². The van der Waals surface area contributed by atoms with Crippen molar-refractivity contribution in [1.29, 1.82) is 0 Å². The smallest absolute Gasteiger partial charge is 0.293 e. The summed E-state index contributed by atoms with van der Waals surface area (Å²) in [6.07, 6.45) is 1.50. The second-order valence-corrected chi connectivity index (χ2v) is 7.94. The maximum absolute atomic E-state index is 13.2. The molecule has 1 amide bonds. The van der Waals surface area contributed by atoms with E-state index < -0.39 is 10.8 Å². The van der Waals surface area contributed by atoms with Crippen LogP contribution in [0.3, 0.4) is 0 Å². The van der Waals surface area contributed by atoms with Crippen LogP contribution in [0.2, 0.25) is 10.0 Å². The van der Waals surface area contributed by atoms with Crippen molar-refractivity contribution in [3.05, 3.63) is 79.5 Å². The molecule has 2 aromatic carbocycles. The van der Waals surface area contributed by atoms with Gasteiger partial charge >= 0.3 is 0 Å². The minimum Gasteiger partial charge on any atom is -0.294 e. The van der Waals surface area contributed by atoms with E-state index in [1.807, 2.05) is 12.1 Å². The summed E-state index contributed by atoms with van der Waals surface area (Å²) >= 11 is 12.1. The number of carbonyl (C=O) groups excluding carboxylic acids is 2. The Balaban J connectivity index is 1.91. The highest BCUT2D eigenvalue weighted by molar-refractivity contribution is 6.31. The number of allylic oxidation sites excluding steroid dienone is 2. The molecule has 2 aromatic rings. The van der Waals surface area contributed by atoms with Gasteiger partial charge in [-0.3, -0.25) is 24.6 Å². The number of carbonyl (C=O) groups is 2. The number of nitrogens with zero attached hydrogens (tertiary/aromatic N) is 2. The molecule has 1 aliphatic heterocycles. The number of amides is 1. The van der Waals surface area contributed by atoms with E-state index in [9.17, 15) is 19.7 Å². The van der Waals surface area contributed by atoms with Gasteiger partial charge < -0.3 is 0 Å². The number of rotatable bonds is 3. The van der Waals surface area contributed by atoms with Crippen molar-refractivity contribution in [1.82, 2.24) is 0 Å². The van der Waals surface area contributed by atoms with E-state index in [-0.39, 0.29) is 34.5 Å². The topological polar surface area (TPSA) is 80.5 Å². The molecule has 2 aliphatic rings. The van der Waals surface area contributed by atoms with Crippen LogP contribution in [0.5, 0.6) is 0 Å². The molecule has 0 spiro atoms. The molecular formula is C21H16Cl2N2O4. The number of nitro benzene ring substituents is 1. The number of nitro groups is 1. The lowest BCUT2D eigenvalue weighted by atomic mass is 9.77. The Morgan fingerprint density at radius 3 is 2.38 bits per heavy atom. The molecule has 0 fully saturated rings. The van der Waals surface area contributed by atoms with Gasteiger partial charge in [0.2, 0.25) is 5.91 Å². The van der Waals surface area contributed by atoms with Crippen LogP contribution in [0.25, 0.3) is 0 Å². The van der Waals surface area contributed by atoms with E-state index >= 15 is 0 Å². The van der Waals surface area contributed by atoms with Crippen molar-refractivity contribution < 1.29 is 14.5 Å². The predicted molar refractivity (Wildman–Crippen MR) is 110 cm³/mol. The molecular weight excluding hydrogens is 415 g/mol. The SMILES string of the molecule is O=C1CCCC2=C1C(c1ccc(Cl)cc1)CC(=O)N2c1cc(Cl)ccc1[N+](=O)[O-]. The van der Waals surface area contributed by atoms with Gasteiger partial charge in [-0.25, -0.2) is 0 Å². The fourth-order valence-electron chi connectivity index (χ4n) is 4.08. The molecule has 0 aromatic heterocycles. The quantitative estimate of drug-likeness (QED) is 0.480. The monoisotopic (exact) mass is 430 g/mol. The summed E-state index contributed by atoms with van der Waals surface area (Å²) in [5, 5.41) is 12.4. The number of hydrogen-bond donors (Lipinski definition) is 0. The third-order valence-electron chi connectivity index (χ3n) is 5.32. The zero-order chi connectivity index (χ0) is 20.7. The predicted octanol–water partition coefficient (Wildman–Crippen LogP) is 5.43. The number of halogens is 2. The second kappa shape index (κ2) is 7.61. The standard InChI is InChI=1S/C21H16Cl2N2O4/c22-13-6-4-12(5-7-13)15-11-20(27)24(17-2-1-3-19(26)21(15)17)18-10-14(23)8-9-16(18)25(28)29/h4-10,15H,1-3,11H2. The highest BCUT2D eigenvalue weighted by Crippen LogP contribution is 2.45. The molecule has 0 radical (unpaired) electrons. The summed E-state index contributed by atoms with van der Waals surface area (Å²) in [6, 6.07) is 11.2. The van der Waals surface area contributed by atoms with Crippen LogP contribution in [0.15, 0.2) is 53.7 Å². The lowest BCUT2D eigenvalue weighted by Crippen LogP contribution is -2.40. The summed E-state index contributed by atoms with van der Waals surface area (Å²) in [4.78, 5) is 38.4. The number of ketones is 1. The number of benzene rings is 2. The Bertz CT molecular complexity index is 1060. The Labute approximate surface area is 176 Å². The van der Waals surface area contributed by atoms with Crippen LogP contribution in [0.1, 0.15) is 37.2 Å². The minimum absolute atomic E-state index is 0.0339. The van der Waals surface area contributed by atoms with E-state index in [2.05, 4.69) is 0 Å². The van der Waals surface area contributed by atoms with Crippen molar-refractivity contribution in [3.8, 4) is 0 Å². The zero-order valence-electron chi connectivity index (χ0n) is 15.2. The molecule has 0 bridgehead atoms. The van der Waals surface area contributed by atoms with E-state index in [4.69, 9.17) is 23.2 Å². The van der Waals surface area contributed by atoms with Gasteiger partial charge in [-0.1, -0.05) is 35.3 Å². The Morgan fingerprint density at radius 2 is 1.69 bits per heavy atom. The molecule has 29 heavy (non-hydrogen) atoms. The summed E-state index contributed by atoms with van der Waals surface area (Å²) < 4.78 is 0. The third kappa shape index (κ3) is 3.54. The molecule has 1 heterocycles. The molecule has 8 heteroatoms. The molecule has 6 nitrogen and oxygen atoms in total. The van der Waals surface area contributed by atoms with E-state index in [0.29, 0.717) is 35.6 Å².